The summed E-state index contributed by atoms with van der Waals surface area (Å²) in [5, 5.41) is 3.24. The van der Waals surface area contributed by atoms with Crippen molar-refractivity contribution in [2.24, 2.45) is 7.05 Å². The summed E-state index contributed by atoms with van der Waals surface area (Å²) in [4.78, 5) is 25.1. The predicted molar refractivity (Wildman–Crippen MR) is 100 cm³/mol. The molecule has 26 heavy (non-hydrogen) atoms. The first-order valence-electron chi connectivity index (χ1n) is 8.09. The fourth-order valence-corrected chi connectivity index (χ4v) is 3.38. The number of hydrogen-bond acceptors (Lipinski definition) is 4. The van der Waals surface area contributed by atoms with Crippen molar-refractivity contribution in [3.05, 3.63) is 59.8 Å². The molecule has 0 bridgehead atoms. The van der Waals surface area contributed by atoms with E-state index in [1.807, 2.05) is 36.0 Å². The van der Waals surface area contributed by atoms with Crippen molar-refractivity contribution in [2.75, 3.05) is 12.8 Å². The molecule has 1 aromatic heterocycles. The highest BCUT2D eigenvalue weighted by molar-refractivity contribution is 6.50. The second kappa shape index (κ2) is 5.77. The Bertz CT molecular complexity index is 1110. The van der Waals surface area contributed by atoms with Gasteiger partial charge in [-0.15, -0.1) is 0 Å². The molecule has 2 heterocycles. The van der Waals surface area contributed by atoms with E-state index >= 15 is 0 Å². The number of nitrogens with zero attached hydrogens (tertiary/aromatic N) is 1. The lowest BCUT2D eigenvalue weighted by molar-refractivity contribution is -0.122. The van der Waals surface area contributed by atoms with E-state index in [4.69, 9.17) is 10.5 Å². The van der Waals surface area contributed by atoms with Crippen LogP contribution in [0.1, 0.15) is 11.1 Å². The summed E-state index contributed by atoms with van der Waals surface area (Å²) in [7, 11) is 3.49. The predicted octanol–water partition coefficient (Wildman–Crippen LogP) is 2.34. The van der Waals surface area contributed by atoms with Crippen LogP contribution in [-0.2, 0) is 16.6 Å². The van der Waals surface area contributed by atoms with Gasteiger partial charge in [-0.2, -0.15) is 0 Å². The lowest BCUT2D eigenvalue weighted by Gasteiger charge is -2.05. The number of aromatic nitrogens is 1. The third-order valence-corrected chi connectivity index (χ3v) is 4.57. The molecule has 6 nitrogen and oxygen atoms in total. The molecule has 0 radical (unpaired) electrons. The summed E-state index contributed by atoms with van der Waals surface area (Å²) >= 11 is 0. The Labute approximate surface area is 149 Å². The number of amides is 2. The van der Waals surface area contributed by atoms with E-state index in [1.165, 1.54) is 0 Å². The number of anilines is 1. The van der Waals surface area contributed by atoms with Gasteiger partial charge in [0, 0.05) is 35.4 Å². The van der Waals surface area contributed by atoms with Crippen molar-refractivity contribution in [3.8, 4) is 5.75 Å². The Balaban J connectivity index is 2.04. The van der Waals surface area contributed by atoms with Crippen molar-refractivity contribution < 1.29 is 14.3 Å². The van der Waals surface area contributed by atoms with Gasteiger partial charge in [-0.05, 0) is 35.9 Å². The number of aryl methyl sites for hydroxylation is 1. The monoisotopic (exact) mass is 347 g/mol. The van der Waals surface area contributed by atoms with Crippen LogP contribution in [0.25, 0.3) is 22.0 Å². The molecule has 3 N–H and O–H groups in total. The van der Waals surface area contributed by atoms with E-state index in [9.17, 15) is 9.59 Å². The summed E-state index contributed by atoms with van der Waals surface area (Å²) in [5.74, 6) is -0.154. The van der Waals surface area contributed by atoms with Crippen LogP contribution in [0, 0.1) is 0 Å². The van der Waals surface area contributed by atoms with Gasteiger partial charge >= 0.3 is 0 Å². The lowest BCUT2D eigenvalue weighted by atomic mass is 9.95. The third-order valence-electron chi connectivity index (χ3n) is 4.57. The van der Waals surface area contributed by atoms with Gasteiger partial charge in [0.2, 0.25) is 0 Å². The third kappa shape index (κ3) is 2.35. The lowest BCUT2D eigenvalue weighted by Crippen LogP contribution is -2.22. The van der Waals surface area contributed by atoms with Gasteiger partial charge in [-0.25, -0.2) is 0 Å². The van der Waals surface area contributed by atoms with Gasteiger partial charge in [0.1, 0.15) is 5.75 Å². The van der Waals surface area contributed by atoms with E-state index in [-0.39, 0.29) is 0 Å². The number of carbonyl (C=O) groups excluding carboxylic acids is 2. The number of carbonyl (C=O) groups is 2. The van der Waals surface area contributed by atoms with Crippen LogP contribution in [0.5, 0.6) is 5.75 Å². The molecule has 130 valence electrons. The topological polar surface area (TPSA) is 86.3 Å². The number of methoxy groups -OCH3 is 1. The van der Waals surface area contributed by atoms with E-state index in [2.05, 4.69) is 5.32 Å². The average molecular weight is 347 g/mol. The zero-order valence-electron chi connectivity index (χ0n) is 14.4. The minimum absolute atomic E-state index is 0.331. The van der Waals surface area contributed by atoms with E-state index in [1.54, 1.807) is 31.4 Å². The highest BCUT2D eigenvalue weighted by Crippen LogP contribution is 2.37. The maximum Gasteiger partial charge on any atom is 0.259 e. The quantitative estimate of drug-likeness (QED) is 0.562. The first-order chi connectivity index (χ1) is 12.5. The number of nitrogens with two attached hydrogens (primary N) is 1. The Morgan fingerprint density at radius 1 is 1.04 bits per heavy atom. The fourth-order valence-electron chi connectivity index (χ4n) is 3.38. The zero-order valence-corrected chi connectivity index (χ0v) is 14.4. The highest BCUT2D eigenvalue weighted by atomic mass is 16.5. The molecule has 6 heteroatoms. The minimum atomic E-state index is -0.421. The normalized spacial score (nSPS) is 14.2. The number of fused-ring (bicyclic) bond motifs is 1. The number of nitrogens with one attached hydrogen (secondary N) is 1. The molecule has 0 saturated carbocycles. The van der Waals surface area contributed by atoms with Crippen molar-refractivity contribution in [1.82, 2.24) is 9.88 Å². The van der Waals surface area contributed by atoms with Crippen LogP contribution < -0.4 is 15.8 Å². The van der Waals surface area contributed by atoms with Gasteiger partial charge in [0.25, 0.3) is 11.8 Å². The first-order valence-corrected chi connectivity index (χ1v) is 8.09. The molecule has 4 rings (SSSR count). The SMILES string of the molecule is COc1ccc2c(c1)c(C1=C(c3cccc(N)c3)C(=O)NC1=O)cn2C. The van der Waals surface area contributed by atoms with E-state index < -0.39 is 11.8 Å². The number of ether oxygens (including phenoxy) is 1. The van der Waals surface area contributed by atoms with Crippen LogP contribution in [0.15, 0.2) is 48.7 Å². The number of nitrogen functional groups attached to an aromatic ring is 1. The Morgan fingerprint density at radius 3 is 2.54 bits per heavy atom. The Morgan fingerprint density at radius 2 is 1.81 bits per heavy atom. The zero-order chi connectivity index (χ0) is 18.4. The van der Waals surface area contributed by atoms with Crippen molar-refractivity contribution in [3.63, 3.8) is 0 Å². The van der Waals surface area contributed by atoms with Gasteiger partial charge in [0.05, 0.1) is 18.3 Å². The molecule has 0 fully saturated rings. The number of hydrogen-bond donors (Lipinski definition) is 2. The molecule has 0 aliphatic carbocycles. The maximum atomic E-state index is 12.6. The smallest absolute Gasteiger partial charge is 0.259 e. The number of imide groups is 1. The van der Waals surface area contributed by atoms with Crippen LogP contribution in [0.2, 0.25) is 0 Å². The van der Waals surface area contributed by atoms with Crippen LogP contribution in [0.4, 0.5) is 5.69 Å². The molecule has 1 aliphatic rings. The Kier molecular flexibility index (Phi) is 3.54. The number of rotatable bonds is 3. The van der Waals surface area contributed by atoms with Crippen molar-refractivity contribution in [2.45, 2.75) is 0 Å². The standard InChI is InChI=1S/C20H17N3O3/c1-23-10-15(14-9-13(26-2)6-7-16(14)23)18-17(19(24)22-20(18)25)11-4-3-5-12(21)8-11/h3-10H,21H2,1-2H3,(H,22,24,25). The van der Waals surface area contributed by atoms with E-state index in [0.29, 0.717) is 33.7 Å². The summed E-state index contributed by atoms with van der Waals surface area (Å²) in [6.07, 6.45) is 1.85. The molecule has 3 aromatic rings. The van der Waals surface area contributed by atoms with Gasteiger partial charge < -0.3 is 15.0 Å². The van der Waals surface area contributed by atoms with Crippen LogP contribution >= 0.6 is 0 Å². The van der Waals surface area contributed by atoms with Gasteiger partial charge in [0.15, 0.2) is 0 Å². The molecular weight excluding hydrogens is 330 g/mol. The van der Waals surface area contributed by atoms with Crippen molar-refractivity contribution >= 4 is 39.6 Å². The maximum absolute atomic E-state index is 12.6. The fraction of sp³-hybridized carbons (Fsp3) is 0.100. The summed E-state index contributed by atoms with van der Waals surface area (Å²) in [6, 6.07) is 12.6. The summed E-state index contributed by atoms with van der Waals surface area (Å²) < 4.78 is 7.24. The van der Waals surface area contributed by atoms with Crippen LogP contribution in [-0.4, -0.2) is 23.5 Å². The van der Waals surface area contributed by atoms with Crippen LogP contribution in [0.3, 0.4) is 0 Å². The largest absolute Gasteiger partial charge is 0.497 e. The van der Waals surface area contributed by atoms with Crippen molar-refractivity contribution in [1.29, 1.82) is 0 Å². The summed E-state index contributed by atoms with van der Waals surface area (Å²) in [6.45, 7) is 0. The van der Waals surface area contributed by atoms with E-state index in [0.717, 1.165) is 10.9 Å². The number of benzene rings is 2. The first kappa shape index (κ1) is 16.0. The summed E-state index contributed by atoms with van der Waals surface area (Å²) in [5.41, 5.74) is 9.30. The molecule has 0 saturated heterocycles. The van der Waals surface area contributed by atoms with Gasteiger partial charge in [-0.3, -0.25) is 14.9 Å². The second-order valence-corrected chi connectivity index (χ2v) is 6.20. The molecule has 0 unspecified atom stereocenters. The highest BCUT2D eigenvalue weighted by Gasteiger charge is 2.33. The molecule has 0 spiro atoms. The molecule has 0 atom stereocenters. The molecule has 2 amide bonds. The van der Waals surface area contributed by atoms with Gasteiger partial charge in [-0.1, -0.05) is 12.1 Å². The minimum Gasteiger partial charge on any atom is -0.497 e. The Hall–Kier alpha value is -3.54. The molecular formula is C20H17N3O3. The molecule has 2 aromatic carbocycles. The molecule has 1 aliphatic heterocycles. The second-order valence-electron chi connectivity index (χ2n) is 6.20. The average Bonchev–Trinajstić information content (AvgIpc) is 3.10.